The SMILES string of the molecule is CCC(C)(C)[C@@H]1CCC2=NN(C(=O)COc3cc(C)cc(C)c3)[C@](O)(C(F)(F)F)[C@@H]2C1. The zero-order valence-electron chi connectivity index (χ0n) is 18.7. The van der Waals surface area contributed by atoms with Gasteiger partial charge in [-0.05, 0) is 67.7 Å². The Bertz CT molecular complexity index is 861. The van der Waals surface area contributed by atoms with Gasteiger partial charge in [-0.15, -0.1) is 0 Å². The van der Waals surface area contributed by atoms with E-state index in [0.29, 0.717) is 18.6 Å². The van der Waals surface area contributed by atoms with E-state index in [1.54, 1.807) is 12.1 Å². The minimum absolute atomic E-state index is 0.00287. The minimum Gasteiger partial charge on any atom is -0.484 e. The van der Waals surface area contributed by atoms with E-state index in [2.05, 4.69) is 5.10 Å². The standard InChI is InChI=1S/C23H31F3N2O3/c1-6-21(4,5)16-7-8-19-18(12-16)22(30,23(24,25)26)28(27-19)20(29)13-31-17-10-14(2)9-15(3)11-17/h9-11,16,18,30H,6-8,12-13H2,1-5H3/t16-,18-,22-/m1/s1. The van der Waals surface area contributed by atoms with E-state index in [0.717, 1.165) is 17.5 Å². The topological polar surface area (TPSA) is 62.1 Å². The molecule has 0 aromatic heterocycles. The van der Waals surface area contributed by atoms with Crippen molar-refractivity contribution in [3.63, 3.8) is 0 Å². The molecule has 2 aliphatic rings. The first-order valence-electron chi connectivity index (χ1n) is 10.7. The average molecular weight is 441 g/mol. The van der Waals surface area contributed by atoms with Crippen LogP contribution >= 0.6 is 0 Å². The Labute approximate surface area is 181 Å². The van der Waals surface area contributed by atoms with Crippen molar-refractivity contribution >= 4 is 11.6 Å². The van der Waals surface area contributed by atoms with E-state index in [1.807, 2.05) is 40.7 Å². The van der Waals surface area contributed by atoms with Crippen molar-refractivity contribution in [3.8, 4) is 5.75 Å². The lowest BCUT2D eigenvalue weighted by Crippen LogP contribution is -2.62. The quantitative estimate of drug-likeness (QED) is 0.702. The summed E-state index contributed by atoms with van der Waals surface area (Å²) >= 11 is 0. The summed E-state index contributed by atoms with van der Waals surface area (Å²) in [5, 5.41) is 15.1. The summed E-state index contributed by atoms with van der Waals surface area (Å²) in [5.41, 5.74) is -1.46. The molecule has 1 aliphatic carbocycles. The molecule has 0 unspecified atom stereocenters. The monoisotopic (exact) mass is 440 g/mol. The molecule has 1 amide bonds. The Kier molecular flexibility index (Phi) is 6.17. The van der Waals surface area contributed by atoms with Crippen LogP contribution in [0.5, 0.6) is 5.75 Å². The summed E-state index contributed by atoms with van der Waals surface area (Å²) in [6.45, 7) is 9.14. The van der Waals surface area contributed by atoms with Crippen molar-refractivity contribution in [3.05, 3.63) is 29.3 Å². The molecule has 1 fully saturated rings. The number of ether oxygens (including phenoxy) is 1. The fourth-order valence-corrected chi connectivity index (χ4v) is 4.69. The fourth-order valence-electron chi connectivity index (χ4n) is 4.69. The van der Waals surface area contributed by atoms with E-state index in [4.69, 9.17) is 4.74 Å². The number of benzene rings is 1. The van der Waals surface area contributed by atoms with Crippen LogP contribution in [0.25, 0.3) is 0 Å². The van der Waals surface area contributed by atoms with Crippen molar-refractivity contribution in [2.75, 3.05) is 6.61 Å². The number of carbonyl (C=O) groups is 1. The molecule has 0 spiro atoms. The van der Waals surface area contributed by atoms with Crippen LogP contribution in [0.15, 0.2) is 23.3 Å². The van der Waals surface area contributed by atoms with Crippen molar-refractivity contribution in [1.82, 2.24) is 5.01 Å². The summed E-state index contributed by atoms with van der Waals surface area (Å²) in [6, 6.07) is 5.31. The highest BCUT2D eigenvalue weighted by Gasteiger charge is 2.69. The summed E-state index contributed by atoms with van der Waals surface area (Å²) in [5.74, 6) is -1.90. The Morgan fingerprint density at radius 1 is 1.26 bits per heavy atom. The number of carbonyl (C=O) groups excluding carboxylic acids is 1. The third kappa shape index (κ3) is 4.31. The molecule has 8 heteroatoms. The molecular weight excluding hydrogens is 409 g/mol. The second-order valence-corrected chi connectivity index (χ2v) is 9.50. The second kappa shape index (κ2) is 8.11. The predicted molar refractivity (Wildman–Crippen MR) is 112 cm³/mol. The number of hydrogen-bond acceptors (Lipinski definition) is 4. The lowest BCUT2D eigenvalue weighted by atomic mass is 9.64. The number of amides is 1. The summed E-state index contributed by atoms with van der Waals surface area (Å²) < 4.78 is 47.9. The van der Waals surface area contributed by atoms with Gasteiger partial charge in [-0.3, -0.25) is 4.79 Å². The molecular formula is C23H31F3N2O3. The maximum atomic E-state index is 14.1. The van der Waals surface area contributed by atoms with Crippen LogP contribution in [0.2, 0.25) is 0 Å². The van der Waals surface area contributed by atoms with Gasteiger partial charge in [0.15, 0.2) is 6.61 Å². The maximum absolute atomic E-state index is 14.1. The number of aliphatic hydroxyl groups is 1. The van der Waals surface area contributed by atoms with E-state index >= 15 is 0 Å². The second-order valence-electron chi connectivity index (χ2n) is 9.50. The Balaban J connectivity index is 1.84. The van der Waals surface area contributed by atoms with Crippen molar-refractivity contribution in [2.24, 2.45) is 22.4 Å². The molecule has 1 aromatic rings. The molecule has 1 N–H and O–H groups in total. The van der Waals surface area contributed by atoms with Gasteiger partial charge in [-0.25, -0.2) is 0 Å². The number of hydrogen-bond donors (Lipinski definition) is 1. The van der Waals surface area contributed by atoms with Crippen molar-refractivity contribution < 1.29 is 27.8 Å². The zero-order chi connectivity index (χ0) is 23.2. The zero-order valence-corrected chi connectivity index (χ0v) is 18.7. The van der Waals surface area contributed by atoms with Crippen LogP contribution in [-0.2, 0) is 4.79 Å². The highest BCUT2D eigenvalue weighted by molar-refractivity contribution is 5.93. The molecule has 0 radical (unpaired) electrons. The highest BCUT2D eigenvalue weighted by atomic mass is 19.4. The first-order valence-corrected chi connectivity index (χ1v) is 10.7. The molecule has 31 heavy (non-hydrogen) atoms. The van der Waals surface area contributed by atoms with E-state index < -0.39 is 30.3 Å². The molecule has 3 atom stereocenters. The normalized spacial score (nSPS) is 26.5. The van der Waals surface area contributed by atoms with Gasteiger partial charge in [0.25, 0.3) is 11.6 Å². The van der Waals surface area contributed by atoms with E-state index in [-0.39, 0.29) is 28.5 Å². The molecule has 1 saturated carbocycles. The molecule has 0 bridgehead atoms. The first kappa shape index (κ1) is 23.6. The maximum Gasteiger partial charge on any atom is 0.439 e. The van der Waals surface area contributed by atoms with Crippen LogP contribution in [0, 0.1) is 31.1 Å². The van der Waals surface area contributed by atoms with Gasteiger partial charge >= 0.3 is 6.18 Å². The van der Waals surface area contributed by atoms with Gasteiger partial charge in [0.05, 0.1) is 5.92 Å². The Morgan fingerprint density at radius 2 is 1.87 bits per heavy atom. The molecule has 5 nitrogen and oxygen atoms in total. The number of hydrazone groups is 1. The van der Waals surface area contributed by atoms with Gasteiger partial charge in [-0.1, -0.05) is 33.3 Å². The van der Waals surface area contributed by atoms with Crippen LogP contribution in [0.1, 0.15) is 57.6 Å². The number of fused-ring (bicyclic) bond motifs is 1. The van der Waals surface area contributed by atoms with Crippen LogP contribution < -0.4 is 4.74 Å². The van der Waals surface area contributed by atoms with Crippen molar-refractivity contribution in [2.45, 2.75) is 72.2 Å². The Hall–Kier alpha value is -2.09. The van der Waals surface area contributed by atoms with Gasteiger partial charge < -0.3 is 9.84 Å². The fraction of sp³-hybridized carbons (Fsp3) is 0.652. The minimum atomic E-state index is -5.04. The molecule has 1 heterocycles. The van der Waals surface area contributed by atoms with Gasteiger partial charge in [-0.2, -0.15) is 23.3 Å². The van der Waals surface area contributed by atoms with Gasteiger partial charge in [0.2, 0.25) is 0 Å². The Morgan fingerprint density at radius 3 is 2.42 bits per heavy atom. The van der Waals surface area contributed by atoms with Gasteiger partial charge in [0, 0.05) is 5.71 Å². The van der Waals surface area contributed by atoms with Crippen LogP contribution in [0.3, 0.4) is 0 Å². The average Bonchev–Trinajstić information content (AvgIpc) is 2.99. The van der Waals surface area contributed by atoms with Crippen molar-refractivity contribution in [1.29, 1.82) is 0 Å². The summed E-state index contributed by atoms with van der Waals surface area (Å²) in [7, 11) is 0. The van der Waals surface area contributed by atoms with Crippen LogP contribution in [-0.4, -0.2) is 40.2 Å². The molecule has 1 aromatic carbocycles. The number of halogens is 3. The smallest absolute Gasteiger partial charge is 0.439 e. The summed E-state index contributed by atoms with van der Waals surface area (Å²) in [4.78, 5) is 12.8. The molecule has 0 saturated heterocycles. The van der Waals surface area contributed by atoms with Crippen LogP contribution in [0.4, 0.5) is 13.2 Å². The number of aryl methyl sites for hydroxylation is 2. The molecule has 3 rings (SSSR count). The number of nitrogens with zero attached hydrogens (tertiary/aromatic N) is 2. The summed E-state index contributed by atoms with van der Waals surface area (Å²) in [6.07, 6.45) is -3.08. The lowest BCUT2D eigenvalue weighted by molar-refractivity contribution is -0.318. The largest absolute Gasteiger partial charge is 0.484 e. The van der Waals surface area contributed by atoms with E-state index in [1.165, 1.54) is 0 Å². The number of alkyl halides is 3. The number of rotatable bonds is 5. The molecule has 1 aliphatic heterocycles. The third-order valence-electron chi connectivity index (χ3n) is 6.94. The lowest BCUT2D eigenvalue weighted by Gasteiger charge is -2.43. The third-order valence-corrected chi connectivity index (χ3v) is 6.94. The first-order chi connectivity index (χ1) is 14.3. The highest BCUT2D eigenvalue weighted by Crippen LogP contribution is 2.52. The molecule has 172 valence electrons. The van der Waals surface area contributed by atoms with E-state index in [9.17, 15) is 23.1 Å². The van der Waals surface area contributed by atoms with Gasteiger partial charge in [0.1, 0.15) is 5.75 Å². The predicted octanol–water partition coefficient (Wildman–Crippen LogP) is 4.98.